The van der Waals surface area contributed by atoms with Crippen LogP contribution in [0.5, 0.6) is 17.2 Å². The predicted octanol–water partition coefficient (Wildman–Crippen LogP) is 3.25. The molecule has 0 atom stereocenters. The molecule has 0 saturated carbocycles. The summed E-state index contributed by atoms with van der Waals surface area (Å²) in [5, 5.41) is 8.82. The lowest BCUT2D eigenvalue weighted by Gasteiger charge is -2.11. The summed E-state index contributed by atoms with van der Waals surface area (Å²) in [4.78, 5) is 0. The monoisotopic (exact) mass is 254 g/mol. The van der Waals surface area contributed by atoms with E-state index in [0.717, 1.165) is 5.56 Å². The molecule has 0 saturated heterocycles. The van der Waals surface area contributed by atoms with Gasteiger partial charge < -0.3 is 15.2 Å². The molecule has 2 aromatic rings. The van der Waals surface area contributed by atoms with Gasteiger partial charge in [-0.25, -0.2) is 0 Å². The van der Waals surface area contributed by atoms with Crippen LogP contribution in [0, 0.1) is 18.3 Å². The minimum atomic E-state index is 0.395. The maximum Gasteiger partial charge on any atom is 0.169 e. The van der Waals surface area contributed by atoms with Gasteiger partial charge in [0.15, 0.2) is 11.5 Å². The number of anilines is 1. The van der Waals surface area contributed by atoms with Crippen LogP contribution in [-0.4, -0.2) is 7.11 Å². The van der Waals surface area contributed by atoms with Gasteiger partial charge in [-0.3, -0.25) is 0 Å². The number of nitrogens with zero attached hydrogens (tertiary/aromatic N) is 1. The third-order valence-corrected chi connectivity index (χ3v) is 2.69. The van der Waals surface area contributed by atoms with Gasteiger partial charge >= 0.3 is 0 Å². The quantitative estimate of drug-likeness (QED) is 0.854. The molecule has 0 aromatic heterocycles. The second-order valence-electron chi connectivity index (χ2n) is 4.12. The Morgan fingerprint density at radius 3 is 2.53 bits per heavy atom. The van der Waals surface area contributed by atoms with Crippen molar-refractivity contribution in [2.45, 2.75) is 6.92 Å². The molecule has 0 radical (unpaired) electrons. The lowest BCUT2D eigenvalue weighted by molar-refractivity contribution is 0.378. The summed E-state index contributed by atoms with van der Waals surface area (Å²) >= 11 is 0. The van der Waals surface area contributed by atoms with Gasteiger partial charge in [0.1, 0.15) is 11.8 Å². The molecule has 0 aliphatic carbocycles. The molecule has 0 unspecified atom stereocenters. The first-order valence-corrected chi connectivity index (χ1v) is 5.76. The highest BCUT2D eigenvalue weighted by atomic mass is 16.5. The fraction of sp³-hybridized carbons (Fsp3) is 0.133. The Kier molecular flexibility index (Phi) is 3.58. The molecular weight excluding hydrogens is 240 g/mol. The number of nitriles is 1. The summed E-state index contributed by atoms with van der Waals surface area (Å²) in [6, 6.07) is 12.6. The predicted molar refractivity (Wildman–Crippen MR) is 73.4 cm³/mol. The van der Waals surface area contributed by atoms with E-state index in [1.165, 1.54) is 0 Å². The number of methoxy groups -OCH3 is 1. The molecule has 0 fully saturated rings. The van der Waals surface area contributed by atoms with Crippen LogP contribution in [-0.2, 0) is 0 Å². The lowest BCUT2D eigenvalue weighted by Crippen LogP contribution is -1.94. The highest BCUT2D eigenvalue weighted by Crippen LogP contribution is 2.33. The Labute approximate surface area is 112 Å². The van der Waals surface area contributed by atoms with E-state index in [-0.39, 0.29) is 0 Å². The maximum atomic E-state index is 8.82. The van der Waals surface area contributed by atoms with Gasteiger partial charge in [0.05, 0.1) is 18.4 Å². The number of rotatable bonds is 3. The Morgan fingerprint density at radius 2 is 1.89 bits per heavy atom. The third-order valence-electron chi connectivity index (χ3n) is 2.69. The zero-order valence-electron chi connectivity index (χ0n) is 10.8. The Morgan fingerprint density at radius 1 is 1.11 bits per heavy atom. The number of ether oxygens (including phenoxy) is 2. The van der Waals surface area contributed by atoms with E-state index in [4.69, 9.17) is 20.5 Å². The van der Waals surface area contributed by atoms with Crippen molar-refractivity contribution in [2.24, 2.45) is 0 Å². The molecule has 0 bridgehead atoms. The van der Waals surface area contributed by atoms with E-state index in [9.17, 15) is 0 Å². The van der Waals surface area contributed by atoms with E-state index in [1.54, 1.807) is 25.3 Å². The van der Waals surface area contributed by atoms with Crippen LogP contribution in [0.15, 0.2) is 36.4 Å². The van der Waals surface area contributed by atoms with Gasteiger partial charge in [0, 0.05) is 6.07 Å². The van der Waals surface area contributed by atoms with Gasteiger partial charge in [-0.2, -0.15) is 5.26 Å². The van der Waals surface area contributed by atoms with Gasteiger partial charge in [-0.15, -0.1) is 0 Å². The molecule has 96 valence electrons. The molecule has 2 rings (SSSR count). The zero-order chi connectivity index (χ0) is 13.8. The van der Waals surface area contributed by atoms with E-state index in [2.05, 4.69) is 0 Å². The SMILES string of the molecule is COc1cc(C)ccc1Oc1ccc(C#N)c(N)c1. The minimum Gasteiger partial charge on any atom is -0.493 e. The van der Waals surface area contributed by atoms with E-state index >= 15 is 0 Å². The van der Waals surface area contributed by atoms with E-state index < -0.39 is 0 Å². The van der Waals surface area contributed by atoms with Crippen molar-refractivity contribution in [1.29, 1.82) is 5.26 Å². The zero-order valence-corrected chi connectivity index (χ0v) is 10.8. The van der Waals surface area contributed by atoms with Crippen molar-refractivity contribution in [1.82, 2.24) is 0 Å². The number of hydrogen-bond donors (Lipinski definition) is 1. The van der Waals surface area contributed by atoms with E-state index in [1.807, 2.05) is 31.2 Å². The Bertz CT molecular complexity index is 645. The summed E-state index contributed by atoms with van der Waals surface area (Å²) in [5.41, 5.74) is 7.66. The molecule has 0 aliphatic rings. The molecular formula is C15H14N2O2. The van der Waals surface area contributed by atoms with Crippen molar-refractivity contribution in [2.75, 3.05) is 12.8 Å². The van der Waals surface area contributed by atoms with Crippen molar-refractivity contribution in [3.05, 3.63) is 47.5 Å². The molecule has 2 aromatic carbocycles. The van der Waals surface area contributed by atoms with Crippen LogP contribution in [0.4, 0.5) is 5.69 Å². The fourth-order valence-electron chi connectivity index (χ4n) is 1.69. The van der Waals surface area contributed by atoms with Crippen LogP contribution in [0.25, 0.3) is 0 Å². The highest BCUT2D eigenvalue weighted by Gasteiger charge is 2.07. The molecule has 2 N–H and O–H groups in total. The molecule has 0 heterocycles. The van der Waals surface area contributed by atoms with Crippen LogP contribution in [0.2, 0.25) is 0 Å². The van der Waals surface area contributed by atoms with E-state index in [0.29, 0.717) is 28.5 Å². The minimum absolute atomic E-state index is 0.395. The summed E-state index contributed by atoms with van der Waals surface area (Å²) in [5.74, 6) is 1.83. The Balaban J connectivity index is 2.31. The van der Waals surface area contributed by atoms with Gasteiger partial charge in [-0.05, 0) is 36.8 Å². The highest BCUT2D eigenvalue weighted by molar-refractivity contribution is 5.58. The topological polar surface area (TPSA) is 68.3 Å². The fourth-order valence-corrected chi connectivity index (χ4v) is 1.69. The summed E-state index contributed by atoms with van der Waals surface area (Å²) in [6.07, 6.45) is 0. The Hall–Kier alpha value is -2.67. The normalized spacial score (nSPS) is 9.74. The maximum absolute atomic E-state index is 8.82. The van der Waals surface area contributed by atoms with Crippen molar-refractivity contribution >= 4 is 5.69 Å². The largest absolute Gasteiger partial charge is 0.493 e. The van der Waals surface area contributed by atoms with Crippen molar-refractivity contribution < 1.29 is 9.47 Å². The third kappa shape index (κ3) is 2.78. The molecule has 4 nitrogen and oxygen atoms in total. The number of hydrogen-bond acceptors (Lipinski definition) is 4. The van der Waals surface area contributed by atoms with Crippen LogP contribution in [0.3, 0.4) is 0 Å². The first-order valence-electron chi connectivity index (χ1n) is 5.76. The lowest BCUT2D eigenvalue weighted by atomic mass is 10.2. The molecule has 19 heavy (non-hydrogen) atoms. The van der Waals surface area contributed by atoms with Gasteiger partial charge in [-0.1, -0.05) is 6.07 Å². The molecule has 0 amide bonds. The van der Waals surface area contributed by atoms with Crippen LogP contribution < -0.4 is 15.2 Å². The first kappa shape index (κ1) is 12.8. The first-order chi connectivity index (χ1) is 9.13. The summed E-state index contributed by atoms with van der Waals surface area (Å²) in [7, 11) is 1.59. The summed E-state index contributed by atoms with van der Waals surface area (Å²) in [6.45, 7) is 1.98. The van der Waals surface area contributed by atoms with Crippen LogP contribution in [0.1, 0.15) is 11.1 Å². The number of benzene rings is 2. The van der Waals surface area contributed by atoms with Gasteiger partial charge in [0.2, 0.25) is 0 Å². The van der Waals surface area contributed by atoms with Crippen molar-refractivity contribution in [3.8, 4) is 23.3 Å². The molecule has 0 spiro atoms. The number of aryl methyl sites for hydroxylation is 1. The summed E-state index contributed by atoms with van der Waals surface area (Å²) < 4.78 is 11.0. The van der Waals surface area contributed by atoms with Crippen LogP contribution >= 0.6 is 0 Å². The smallest absolute Gasteiger partial charge is 0.169 e. The average molecular weight is 254 g/mol. The second kappa shape index (κ2) is 5.32. The average Bonchev–Trinajstić information content (AvgIpc) is 2.41. The van der Waals surface area contributed by atoms with Crippen molar-refractivity contribution in [3.63, 3.8) is 0 Å². The standard InChI is InChI=1S/C15H14N2O2/c1-10-3-6-14(15(7-10)18-2)19-12-5-4-11(9-16)13(17)8-12/h3-8H,17H2,1-2H3. The number of nitrogens with two attached hydrogens (primary N) is 1. The molecule has 0 aliphatic heterocycles. The number of nitrogen functional groups attached to an aromatic ring is 1. The second-order valence-corrected chi connectivity index (χ2v) is 4.12. The van der Waals surface area contributed by atoms with Gasteiger partial charge in [0.25, 0.3) is 0 Å². The molecule has 4 heteroatoms.